The van der Waals surface area contributed by atoms with E-state index in [9.17, 15) is 62.7 Å². The summed E-state index contributed by atoms with van der Waals surface area (Å²) in [7, 11) is -21.1. The highest BCUT2D eigenvalue weighted by molar-refractivity contribution is 7.65. The van der Waals surface area contributed by atoms with Gasteiger partial charge in [-0.25, -0.2) is 33.1 Å². The number of methoxy groups -OCH3 is 2. The van der Waals surface area contributed by atoms with Crippen molar-refractivity contribution in [2.45, 2.75) is 80.5 Å². The average molecular weight is 1150 g/mol. The van der Waals surface area contributed by atoms with Crippen LogP contribution in [0.4, 0.5) is 11.8 Å². The quantitative estimate of drug-likeness (QED) is 0.0277. The highest BCUT2D eigenvalue weighted by atomic mass is 31.3. The maximum atomic E-state index is 13.6. The number of aryl methyl sites for hydroxylation is 2. The number of H-pyrrole nitrogens is 2. The van der Waals surface area contributed by atoms with E-state index >= 15 is 0 Å². The third kappa shape index (κ3) is 11.1. The maximum Gasteiger partial charge on any atom is 0.313 e. The van der Waals surface area contributed by atoms with Gasteiger partial charge in [0.1, 0.15) is 66.8 Å². The molecule has 9 rings (SSSR count). The van der Waals surface area contributed by atoms with E-state index in [4.69, 9.17) is 48.7 Å². The lowest BCUT2D eigenvalue weighted by Gasteiger charge is -2.35. The summed E-state index contributed by atoms with van der Waals surface area (Å²) in [6.45, 7) is -1.93. The van der Waals surface area contributed by atoms with Crippen LogP contribution >= 0.6 is 31.3 Å². The van der Waals surface area contributed by atoms with Crippen LogP contribution in [0.1, 0.15) is 24.4 Å². The summed E-state index contributed by atoms with van der Waals surface area (Å²) in [6.07, 6.45) is -14.9. The summed E-state index contributed by atoms with van der Waals surface area (Å²) < 4.78 is 113. The highest BCUT2D eigenvalue weighted by Crippen LogP contribution is 2.63. The van der Waals surface area contributed by atoms with Crippen LogP contribution in [0, 0.1) is 6.92 Å². The summed E-state index contributed by atoms with van der Waals surface area (Å²) >= 11 is 0. The third-order valence-electron chi connectivity index (χ3n) is 12.0. The van der Waals surface area contributed by atoms with Gasteiger partial charge in [-0.3, -0.25) is 42.0 Å². The van der Waals surface area contributed by atoms with Gasteiger partial charge in [0.2, 0.25) is 11.7 Å². The zero-order valence-electron chi connectivity index (χ0n) is 39.3. The first kappa shape index (κ1) is 55.9. The number of hydrogen-bond acceptors (Lipinski definition) is 31. The SMILES string of the molecule is CO[C@@H]1C(O)[C@H]([n+]2cn(C)c3c(=O)[nH]c(N)nc32)O[C@@H]1COP(=O)([O-])OP(=O)([O-])OP(=O)([O-])OC[C@H]1O[C@@H](n2cnc3c(N)ncnc32)[C@@H](OC)C1OP(=O)([O-])OC[C@H]1O[C@@H](n2cnc3c(=O)[nH]c(C)cc32)[C@@H](O)C1O. The minimum atomic E-state index is -6.56. The number of phosphoric ester groups is 3. The van der Waals surface area contributed by atoms with E-state index in [1.807, 2.05) is 0 Å². The molecule has 3 fully saturated rings. The molecule has 6 aromatic rings. The molecule has 0 aromatic carbocycles. The summed E-state index contributed by atoms with van der Waals surface area (Å²) in [5.41, 5.74) is 11.0. The van der Waals surface area contributed by atoms with Crippen LogP contribution in [0.25, 0.3) is 33.4 Å². The van der Waals surface area contributed by atoms with Crippen LogP contribution in [0.3, 0.4) is 0 Å². The van der Waals surface area contributed by atoms with Gasteiger partial charge in [-0.15, -0.1) is 0 Å². The van der Waals surface area contributed by atoms with E-state index in [0.717, 1.165) is 37.8 Å². The van der Waals surface area contributed by atoms with Crippen molar-refractivity contribution in [2.75, 3.05) is 45.5 Å². The Hall–Kier alpha value is -4.88. The molecular formula is C35H44N13O24P4-3. The van der Waals surface area contributed by atoms with E-state index < -0.39 is 136 Å². The molecule has 0 radical (unpaired) electrons. The molecule has 3 aliphatic rings. The molecule has 9 heterocycles. The number of aromatic nitrogens is 11. The van der Waals surface area contributed by atoms with Gasteiger partial charge in [-0.1, -0.05) is 4.98 Å². The van der Waals surface area contributed by atoms with E-state index in [-0.39, 0.29) is 45.1 Å². The van der Waals surface area contributed by atoms with Crippen LogP contribution in [-0.2, 0) is 75.7 Å². The van der Waals surface area contributed by atoms with Crippen molar-refractivity contribution in [3.8, 4) is 0 Å². The number of ether oxygens (including phenoxy) is 5. The molecule has 0 bridgehead atoms. The first-order valence-corrected chi connectivity index (χ1v) is 27.7. The molecular weight excluding hydrogens is 1110 g/mol. The lowest BCUT2D eigenvalue weighted by atomic mass is 10.1. The van der Waals surface area contributed by atoms with Crippen molar-refractivity contribution in [3.63, 3.8) is 0 Å². The number of nitrogens with two attached hydrogens (primary N) is 2. The van der Waals surface area contributed by atoms with Gasteiger partial charge in [-0.05, 0) is 13.0 Å². The molecule has 416 valence electrons. The average Bonchev–Trinajstić information content (AvgIpc) is 4.20. The Morgan fingerprint density at radius 3 is 2.00 bits per heavy atom. The molecule has 7 unspecified atom stereocenters. The van der Waals surface area contributed by atoms with Crippen molar-refractivity contribution < 1.29 is 108 Å². The second kappa shape index (κ2) is 21.1. The number of nitrogens with zero attached hydrogens (tertiary/aromatic N) is 9. The Balaban J connectivity index is 0.866. The lowest BCUT2D eigenvalue weighted by Crippen LogP contribution is -2.46. The topological polar surface area (TPSA) is 524 Å². The van der Waals surface area contributed by atoms with E-state index in [1.54, 1.807) is 6.92 Å². The standard InChI is InChI=1S/C35H47N13O24P4/c1-13-5-14-18(30(52)42-13)40-10-46(14)32-22(50)21(49)15(67-32)6-64-73(54,55)70-25-17(69-34(26(25)63-4)47-11-41-19-27(36)38-9-39-28(19)47)8-66-75(58,59)72-76(60,61)71-74(56,57)65-7-16-24(62-3)23(51)33(68-16)48-12-45(2)20-29(48)43-35(37)44-31(20)53/h5,9-12,15-17,21-26,32-34,49-51H,6-8H2,1-4H3,(H9-,36,37,38,39,42,43,44,52,53,54,55,56,57,58,59,60,61)/p-3/t15-,16-,17-,21?,22+,23?,24+,25?,26+,32-,33-,34-/m1/s1. The van der Waals surface area contributed by atoms with E-state index in [2.05, 4.69) is 48.0 Å². The zero-order chi connectivity index (χ0) is 55.0. The van der Waals surface area contributed by atoms with Crippen LogP contribution < -0.4 is 46.7 Å². The monoisotopic (exact) mass is 1150 g/mol. The second-order valence-electron chi connectivity index (χ2n) is 17.0. The first-order chi connectivity index (χ1) is 35.7. The highest BCUT2D eigenvalue weighted by Gasteiger charge is 2.52. The van der Waals surface area contributed by atoms with Crippen molar-refractivity contribution in [3.05, 3.63) is 57.8 Å². The molecule has 3 aliphatic heterocycles. The van der Waals surface area contributed by atoms with Crippen LogP contribution in [-0.4, -0.2) is 153 Å². The Morgan fingerprint density at radius 1 is 0.724 bits per heavy atom. The Morgan fingerprint density at radius 2 is 1.33 bits per heavy atom. The van der Waals surface area contributed by atoms with Gasteiger partial charge in [0.05, 0.1) is 45.0 Å². The van der Waals surface area contributed by atoms with Crippen molar-refractivity contribution in [1.29, 1.82) is 0 Å². The fourth-order valence-electron chi connectivity index (χ4n) is 8.78. The summed E-state index contributed by atoms with van der Waals surface area (Å²) in [5, 5.41) is 32.8. The molecule has 16 atom stereocenters. The molecule has 76 heavy (non-hydrogen) atoms. The van der Waals surface area contributed by atoms with Crippen LogP contribution in [0.15, 0.2) is 41.0 Å². The van der Waals surface area contributed by atoms with Crippen molar-refractivity contribution in [2.24, 2.45) is 7.05 Å². The number of anilines is 2. The molecule has 0 amide bonds. The van der Waals surface area contributed by atoms with Gasteiger partial charge >= 0.3 is 5.65 Å². The fourth-order valence-corrected chi connectivity index (χ4v) is 13.1. The normalized spacial score (nSPS) is 30.2. The Labute approximate surface area is 423 Å². The minimum absolute atomic E-state index is 0.000873. The molecule has 0 aliphatic carbocycles. The molecule has 41 heteroatoms. The number of aliphatic hydroxyl groups is 3. The van der Waals surface area contributed by atoms with Crippen molar-refractivity contribution >= 4 is 76.4 Å². The molecule has 0 saturated carbocycles. The van der Waals surface area contributed by atoms with Gasteiger partial charge < -0.3 is 97.7 Å². The van der Waals surface area contributed by atoms with Crippen LogP contribution in [0.2, 0.25) is 0 Å². The fraction of sp³-hybridized carbons (Fsp3) is 0.543. The molecule has 6 aromatic heterocycles. The first-order valence-electron chi connectivity index (χ1n) is 21.8. The number of aromatic amines is 2. The molecule has 37 nitrogen and oxygen atoms in total. The number of pyridine rings is 1. The smallest absolute Gasteiger partial charge is 0.313 e. The molecule has 0 spiro atoms. The lowest BCUT2D eigenvalue weighted by molar-refractivity contribution is -0.745. The van der Waals surface area contributed by atoms with E-state index in [1.165, 1.54) is 33.1 Å². The minimum Gasteiger partial charge on any atom is -0.756 e. The van der Waals surface area contributed by atoms with Gasteiger partial charge in [0, 0.05) is 19.9 Å². The number of nitrogens with one attached hydrogen (secondary N) is 2. The zero-order valence-corrected chi connectivity index (χ0v) is 42.9. The number of hydrogen-bond donors (Lipinski definition) is 7. The maximum absolute atomic E-state index is 13.6. The Kier molecular flexibility index (Phi) is 15.5. The van der Waals surface area contributed by atoms with Gasteiger partial charge in [0.25, 0.3) is 48.4 Å². The number of fused-ring (bicyclic) bond motifs is 3. The molecule has 3 saturated heterocycles. The predicted octanol–water partition coefficient (Wildman–Crippen LogP) is -5.25. The second-order valence-corrected chi connectivity index (χ2v) is 22.9. The number of rotatable bonds is 20. The summed E-state index contributed by atoms with van der Waals surface area (Å²) in [4.78, 5) is 102. The Bertz CT molecular complexity index is 3480. The molecule has 9 N–H and O–H groups in total. The summed E-state index contributed by atoms with van der Waals surface area (Å²) in [6, 6.07) is 1.52. The van der Waals surface area contributed by atoms with E-state index in [0.29, 0.717) is 5.69 Å². The van der Waals surface area contributed by atoms with Gasteiger partial charge in [-0.2, -0.15) is 0 Å². The van der Waals surface area contributed by atoms with Crippen molar-refractivity contribution in [1.82, 2.24) is 48.6 Å². The summed E-state index contributed by atoms with van der Waals surface area (Å²) in [5.74, 6) is -0.396. The number of nitrogen functional groups attached to an aromatic ring is 2. The van der Waals surface area contributed by atoms with Crippen LogP contribution in [0.5, 0.6) is 0 Å². The van der Waals surface area contributed by atoms with Gasteiger partial charge in [0.15, 0.2) is 35.8 Å². The third-order valence-corrected chi connectivity index (χ3v) is 17.1. The number of phosphoric acid groups is 4. The number of imidazole rings is 3. The predicted molar refractivity (Wildman–Crippen MR) is 237 cm³/mol. The largest absolute Gasteiger partial charge is 0.756 e. The number of aliphatic hydroxyl groups excluding tert-OH is 3.